The number of amides is 1. The Hall–Kier alpha value is -1.51. The number of hydrogen-bond acceptors (Lipinski definition) is 1. The molecular weight excluding hydrogens is 214 g/mol. The van der Waals surface area contributed by atoms with Crippen LogP contribution in [0.25, 0.3) is 0 Å². The summed E-state index contributed by atoms with van der Waals surface area (Å²) in [6.07, 6.45) is 3.34. The van der Waals surface area contributed by atoms with Gasteiger partial charge in [0.05, 0.1) is 0 Å². The summed E-state index contributed by atoms with van der Waals surface area (Å²) in [6, 6.07) is 11.0. The fraction of sp³-hybridized carbons (Fsp3) is 0.500. The van der Waals surface area contributed by atoms with Gasteiger partial charge in [0.25, 0.3) is 0 Å². The van der Waals surface area contributed by atoms with Gasteiger partial charge in [-0.2, -0.15) is 0 Å². The summed E-state index contributed by atoms with van der Waals surface area (Å²) in [4.78, 5) is 12.9. The van der Waals surface area contributed by atoms with Crippen LogP contribution in [-0.2, 0) is 0 Å². The summed E-state index contributed by atoms with van der Waals surface area (Å²) in [5.41, 5.74) is 1.37. The summed E-state index contributed by atoms with van der Waals surface area (Å²) in [5, 5.41) is 9.20. The molecule has 1 N–H and O–H groups in total. The molecule has 1 aromatic carbocycles. The van der Waals surface area contributed by atoms with Crippen molar-refractivity contribution in [3.63, 3.8) is 0 Å². The van der Waals surface area contributed by atoms with E-state index in [4.69, 9.17) is 0 Å². The lowest BCUT2D eigenvalue weighted by Crippen LogP contribution is -2.45. The van der Waals surface area contributed by atoms with Crippen molar-refractivity contribution < 1.29 is 9.90 Å². The van der Waals surface area contributed by atoms with Gasteiger partial charge < -0.3 is 10.0 Å². The van der Waals surface area contributed by atoms with Crippen LogP contribution in [-0.4, -0.2) is 28.2 Å². The Morgan fingerprint density at radius 2 is 1.71 bits per heavy atom. The van der Waals surface area contributed by atoms with Crippen molar-refractivity contribution in [2.45, 2.75) is 43.7 Å². The highest BCUT2D eigenvalue weighted by Gasteiger charge is 2.43. The quantitative estimate of drug-likeness (QED) is 0.806. The molecular formula is C14H17NO2. The Labute approximate surface area is 101 Å². The normalized spacial score (nSPS) is 31.5. The van der Waals surface area contributed by atoms with Crippen molar-refractivity contribution >= 4 is 6.09 Å². The maximum absolute atomic E-state index is 11.2. The van der Waals surface area contributed by atoms with Crippen LogP contribution in [0.1, 0.15) is 37.2 Å². The number of piperidine rings is 1. The molecule has 3 nitrogen and oxygen atoms in total. The molecule has 2 heterocycles. The van der Waals surface area contributed by atoms with E-state index in [-0.39, 0.29) is 12.1 Å². The van der Waals surface area contributed by atoms with E-state index >= 15 is 0 Å². The van der Waals surface area contributed by atoms with Crippen molar-refractivity contribution in [3.05, 3.63) is 35.9 Å². The number of carboxylic acid groups (broad SMARTS) is 1. The van der Waals surface area contributed by atoms with E-state index in [1.807, 2.05) is 6.07 Å². The summed E-state index contributed by atoms with van der Waals surface area (Å²) < 4.78 is 0. The fourth-order valence-electron chi connectivity index (χ4n) is 3.49. The standard InChI is InChI=1S/C14H17NO2/c16-14(17)15-12-6-7-13(15)9-11(8-12)10-4-2-1-3-5-10/h1-5,11-13H,6-9H2,(H,16,17). The molecule has 3 rings (SSSR count). The zero-order valence-electron chi connectivity index (χ0n) is 9.75. The zero-order chi connectivity index (χ0) is 11.8. The predicted molar refractivity (Wildman–Crippen MR) is 65.1 cm³/mol. The molecule has 2 fully saturated rings. The molecule has 17 heavy (non-hydrogen) atoms. The Kier molecular flexibility index (Phi) is 2.54. The van der Waals surface area contributed by atoms with Crippen LogP contribution in [0.4, 0.5) is 4.79 Å². The van der Waals surface area contributed by atoms with Gasteiger partial charge in [0.2, 0.25) is 0 Å². The minimum Gasteiger partial charge on any atom is -0.465 e. The van der Waals surface area contributed by atoms with E-state index in [1.54, 1.807) is 4.90 Å². The van der Waals surface area contributed by atoms with Gasteiger partial charge in [-0.15, -0.1) is 0 Å². The summed E-state index contributed by atoms with van der Waals surface area (Å²) in [7, 11) is 0. The van der Waals surface area contributed by atoms with Crippen molar-refractivity contribution in [1.29, 1.82) is 0 Å². The number of hydrogen-bond donors (Lipinski definition) is 1. The lowest BCUT2D eigenvalue weighted by atomic mass is 9.85. The average molecular weight is 231 g/mol. The summed E-state index contributed by atoms with van der Waals surface area (Å²) >= 11 is 0. The third-order valence-corrected chi connectivity index (χ3v) is 4.22. The molecule has 0 aliphatic carbocycles. The molecule has 0 saturated carbocycles. The molecule has 2 aliphatic rings. The maximum Gasteiger partial charge on any atom is 0.407 e. The van der Waals surface area contributed by atoms with Crippen LogP contribution < -0.4 is 0 Å². The predicted octanol–water partition coefficient (Wildman–Crippen LogP) is 3.08. The van der Waals surface area contributed by atoms with E-state index in [9.17, 15) is 9.90 Å². The molecule has 1 aromatic rings. The average Bonchev–Trinajstić information content (AvgIpc) is 2.62. The van der Waals surface area contributed by atoms with E-state index in [2.05, 4.69) is 24.3 Å². The third-order valence-electron chi connectivity index (χ3n) is 4.22. The van der Waals surface area contributed by atoms with Crippen LogP contribution in [0.2, 0.25) is 0 Å². The first-order valence-corrected chi connectivity index (χ1v) is 6.32. The number of benzene rings is 1. The van der Waals surface area contributed by atoms with Crippen LogP contribution in [0.5, 0.6) is 0 Å². The Morgan fingerprint density at radius 3 is 2.24 bits per heavy atom. The smallest absolute Gasteiger partial charge is 0.407 e. The number of nitrogens with zero attached hydrogens (tertiary/aromatic N) is 1. The van der Waals surface area contributed by atoms with Gasteiger partial charge in [-0.05, 0) is 37.2 Å². The van der Waals surface area contributed by atoms with Crippen molar-refractivity contribution in [1.82, 2.24) is 4.90 Å². The number of fused-ring (bicyclic) bond motifs is 2. The Morgan fingerprint density at radius 1 is 1.12 bits per heavy atom. The number of rotatable bonds is 1. The first kappa shape index (κ1) is 10.6. The first-order chi connectivity index (χ1) is 8.25. The molecule has 2 saturated heterocycles. The molecule has 1 amide bonds. The Balaban J connectivity index is 1.80. The van der Waals surface area contributed by atoms with Gasteiger partial charge in [0.15, 0.2) is 0 Å². The largest absolute Gasteiger partial charge is 0.465 e. The molecule has 2 bridgehead atoms. The fourth-order valence-corrected chi connectivity index (χ4v) is 3.49. The van der Waals surface area contributed by atoms with Crippen LogP contribution in [0, 0.1) is 0 Å². The molecule has 2 unspecified atom stereocenters. The van der Waals surface area contributed by atoms with Gasteiger partial charge in [0, 0.05) is 12.1 Å². The minimum absolute atomic E-state index is 0.247. The minimum atomic E-state index is -0.732. The lowest BCUT2D eigenvalue weighted by molar-refractivity contribution is 0.0965. The second-order valence-corrected chi connectivity index (χ2v) is 5.15. The second-order valence-electron chi connectivity index (χ2n) is 5.15. The lowest BCUT2D eigenvalue weighted by Gasteiger charge is -2.37. The van der Waals surface area contributed by atoms with Crippen LogP contribution >= 0.6 is 0 Å². The molecule has 3 heteroatoms. The van der Waals surface area contributed by atoms with E-state index in [0.717, 1.165) is 25.7 Å². The molecule has 0 spiro atoms. The second kappa shape index (κ2) is 4.06. The van der Waals surface area contributed by atoms with Gasteiger partial charge in [-0.3, -0.25) is 0 Å². The monoisotopic (exact) mass is 231 g/mol. The van der Waals surface area contributed by atoms with Gasteiger partial charge >= 0.3 is 6.09 Å². The molecule has 0 radical (unpaired) electrons. The first-order valence-electron chi connectivity index (χ1n) is 6.32. The zero-order valence-corrected chi connectivity index (χ0v) is 9.75. The van der Waals surface area contributed by atoms with E-state index in [0.29, 0.717) is 5.92 Å². The van der Waals surface area contributed by atoms with Crippen molar-refractivity contribution in [2.75, 3.05) is 0 Å². The van der Waals surface area contributed by atoms with E-state index < -0.39 is 6.09 Å². The van der Waals surface area contributed by atoms with Gasteiger partial charge in [-0.25, -0.2) is 4.79 Å². The van der Waals surface area contributed by atoms with Gasteiger partial charge in [0.1, 0.15) is 0 Å². The van der Waals surface area contributed by atoms with Crippen molar-refractivity contribution in [2.24, 2.45) is 0 Å². The van der Waals surface area contributed by atoms with E-state index in [1.165, 1.54) is 5.56 Å². The number of carbonyl (C=O) groups is 1. The highest BCUT2D eigenvalue weighted by molar-refractivity contribution is 5.66. The summed E-state index contributed by atoms with van der Waals surface area (Å²) in [6.45, 7) is 0. The molecule has 0 aromatic heterocycles. The highest BCUT2D eigenvalue weighted by atomic mass is 16.4. The molecule has 2 atom stereocenters. The highest BCUT2D eigenvalue weighted by Crippen LogP contribution is 2.42. The summed E-state index contributed by atoms with van der Waals surface area (Å²) in [5.74, 6) is 0.546. The molecule has 2 aliphatic heterocycles. The van der Waals surface area contributed by atoms with Crippen molar-refractivity contribution in [3.8, 4) is 0 Å². The van der Waals surface area contributed by atoms with Crippen LogP contribution in [0.3, 0.4) is 0 Å². The molecule has 90 valence electrons. The SMILES string of the molecule is O=C(O)N1C2CCC1CC(c1ccccc1)C2. The van der Waals surface area contributed by atoms with Gasteiger partial charge in [-0.1, -0.05) is 30.3 Å². The Bertz CT molecular complexity index is 403. The third kappa shape index (κ3) is 1.79. The maximum atomic E-state index is 11.2. The van der Waals surface area contributed by atoms with Crippen LogP contribution in [0.15, 0.2) is 30.3 Å². The topological polar surface area (TPSA) is 40.5 Å².